The van der Waals surface area contributed by atoms with Gasteiger partial charge in [-0.25, -0.2) is 0 Å². The molecule has 0 nitrogen and oxygen atoms in total. The first kappa shape index (κ1) is 16.9. The van der Waals surface area contributed by atoms with Gasteiger partial charge < -0.3 is 0 Å². The summed E-state index contributed by atoms with van der Waals surface area (Å²) in [5, 5.41) is 11.7. The van der Waals surface area contributed by atoms with Crippen LogP contribution in [0.3, 0.4) is 0 Å². The van der Waals surface area contributed by atoms with Crippen LogP contribution in [0.25, 0.3) is 63.6 Å². The Balaban J connectivity index is 1.44. The van der Waals surface area contributed by atoms with Crippen molar-refractivity contribution in [3.63, 3.8) is 0 Å². The molecule has 0 fully saturated rings. The lowest BCUT2D eigenvalue weighted by Gasteiger charge is -2.13. The Labute approximate surface area is 194 Å². The molecule has 33 heavy (non-hydrogen) atoms. The topological polar surface area (TPSA) is 0 Å². The lowest BCUT2D eigenvalue weighted by Crippen LogP contribution is -1.91. The molecule has 0 saturated heterocycles. The minimum absolute atomic E-state index is 1.03. The zero-order chi connectivity index (χ0) is 21.3. The maximum absolute atomic E-state index is 2.52. The third kappa shape index (κ3) is 1.95. The van der Waals surface area contributed by atoms with E-state index < -0.39 is 0 Å². The minimum Gasteiger partial charge on any atom is -0.135 e. The molecule has 0 saturated carbocycles. The Morgan fingerprint density at radius 2 is 1.21 bits per heavy atom. The fraction of sp³-hybridized carbons (Fsp3) is 0.0625. The summed E-state index contributed by atoms with van der Waals surface area (Å²) in [4.78, 5) is 0. The molecule has 0 radical (unpaired) electrons. The highest BCUT2D eigenvalue weighted by Crippen LogP contribution is 2.51. The molecule has 0 atom stereocenters. The number of hydrogen-bond acceptors (Lipinski definition) is 1. The van der Waals surface area contributed by atoms with Crippen molar-refractivity contribution < 1.29 is 0 Å². The Morgan fingerprint density at radius 3 is 2.09 bits per heavy atom. The van der Waals surface area contributed by atoms with E-state index in [9.17, 15) is 0 Å². The second kappa shape index (κ2) is 5.62. The quantitative estimate of drug-likeness (QED) is 0.226. The molecule has 0 N–H and O–H groups in total. The Morgan fingerprint density at radius 1 is 0.485 bits per heavy atom. The van der Waals surface area contributed by atoms with Gasteiger partial charge in [0.1, 0.15) is 0 Å². The van der Waals surface area contributed by atoms with Gasteiger partial charge in [-0.1, -0.05) is 60.7 Å². The van der Waals surface area contributed by atoms with E-state index in [0.29, 0.717) is 0 Å². The van der Waals surface area contributed by atoms with E-state index in [2.05, 4.69) is 84.9 Å². The smallest absolute Gasteiger partial charge is 0.0355 e. The number of hydrogen-bond donors (Lipinski definition) is 0. The van der Waals surface area contributed by atoms with Gasteiger partial charge in [0, 0.05) is 20.2 Å². The number of rotatable bonds is 1. The molecule has 0 amide bonds. The minimum atomic E-state index is 1.03. The van der Waals surface area contributed by atoms with E-state index in [1.165, 1.54) is 85.9 Å². The molecule has 2 aliphatic rings. The first-order chi connectivity index (χ1) is 16.3. The van der Waals surface area contributed by atoms with Gasteiger partial charge in [0.25, 0.3) is 0 Å². The summed E-state index contributed by atoms with van der Waals surface area (Å²) in [5.74, 6) is 0. The average molecular weight is 435 g/mol. The second-order valence-electron chi connectivity index (χ2n) is 9.65. The van der Waals surface area contributed by atoms with Crippen molar-refractivity contribution in [3.8, 4) is 11.1 Å². The Hall–Kier alpha value is -3.68. The summed E-state index contributed by atoms with van der Waals surface area (Å²) in [6.07, 6.45) is 2.08. The van der Waals surface area contributed by atoms with Crippen molar-refractivity contribution >= 4 is 63.8 Å². The summed E-state index contributed by atoms with van der Waals surface area (Å²) >= 11 is 1.90. The number of thiophene rings is 1. The van der Waals surface area contributed by atoms with Crippen LogP contribution in [0.4, 0.5) is 0 Å². The van der Waals surface area contributed by atoms with E-state index in [-0.39, 0.29) is 0 Å². The van der Waals surface area contributed by atoms with Crippen LogP contribution < -0.4 is 0 Å². The van der Waals surface area contributed by atoms with Crippen LogP contribution in [0.15, 0.2) is 84.9 Å². The lowest BCUT2D eigenvalue weighted by atomic mass is 9.90. The SMILES string of the molecule is c1ccc2c(c1)sc1ccc(-c3cc4c5c6c(cccc6c6cccc7c6c5c3C7)C4)cc12. The standard InChI is InChI=1S/C32H18S/c1-2-10-27-21(7-1)25-14-17(11-12-28(25)33-27)24-16-20-13-18-5-3-8-22-23-9-4-6-19-15-26(24)32(30(19)23)31(20)29(18)22/h1-12,14,16H,13,15H2. The third-order valence-electron chi connectivity index (χ3n) is 8.04. The zero-order valence-corrected chi connectivity index (χ0v) is 18.7. The van der Waals surface area contributed by atoms with Gasteiger partial charge in [0.15, 0.2) is 0 Å². The van der Waals surface area contributed by atoms with Crippen LogP contribution >= 0.6 is 11.3 Å². The fourth-order valence-electron chi connectivity index (χ4n) is 6.75. The molecule has 0 spiro atoms. The highest BCUT2D eigenvalue weighted by Gasteiger charge is 2.28. The van der Waals surface area contributed by atoms with Crippen LogP contribution in [0, 0.1) is 0 Å². The van der Waals surface area contributed by atoms with E-state index in [1.54, 1.807) is 0 Å². The number of benzene rings is 6. The average Bonchev–Trinajstić information content (AvgIpc) is 3.53. The highest BCUT2D eigenvalue weighted by molar-refractivity contribution is 7.25. The second-order valence-corrected chi connectivity index (χ2v) is 10.7. The molecule has 7 aromatic rings. The van der Waals surface area contributed by atoms with Crippen molar-refractivity contribution in [2.75, 3.05) is 0 Å². The van der Waals surface area contributed by atoms with Crippen molar-refractivity contribution in [3.05, 3.63) is 107 Å². The van der Waals surface area contributed by atoms with Crippen LogP contribution in [0.1, 0.15) is 22.3 Å². The van der Waals surface area contributed by atoms with E-state index >= 15 is 0 Å². The molecule has 1 heteroatoms. The highest BCUT2D eigenvalue weighted by atomic mass is 32.1. The molecule has 6 aromatic carbocycles. The molecule has 1 heterocycles. The maximum Gasteiger partial charge on any atom is 0.0355 e. The summed E-state index contributed by atoms with van der Waals surface area (Å²) in [7, 11) is 0. The summed E-state index contributed by atoms with van der Waals surface area (Å²) in [6, 6.07) is 32.3. The van der Waals surface area contributed by atoms with Crippen LogP contribution in [0.2, 0.25) is 0 Å². The van der Waals surface area contributed by atoms with Crippen molar-refractivity contribution in [2.24, 2.45) is 0 Å². The van der Waals surface area contributed by atoms with E-state index in [0.717, 1.165) is 12.8 Å². The predicted molar refractivity (Wildman–Crippen MR) is 143 cm³/mol. The number of fused-ring (bicyclic) bond motifs is 4. The molecule has 1 aromatic heterocycles. The van der Waals surface area contributed by atoms with Crippen molar-refractivity contribution in [1.29, 1.82) is 0 Å². The van der Waals surface area contributed by atoms with Crippen LogP contribution in [-0.2, 0) is 12.8 Å². The van der Waals surface area contributed by atoms with E-state index in [4.69, 9.17) is 0 Å². The van der Waals surface area contributed by atoms with E-state index in [1.807, 2.05) is 11.3 Å². The molecule has 9 rings (SSSR count). The van der Waals surface area contributed by atoms with Gasteiger partial charge in [-0.3, -0.25) is 0 Å². The molecule has 0 unspecified atom stereocenters. The lowest BCUT2D eigenvalue weighted by molar-refractivity contribution is 1.24. The molecule has 0 aliphatic heterocycles. The maximum atomic E-state index is 2.52. The van der Waals surface area contributed by atoms with Gasteiger partial charge in [0.2, 0.25) is 0 Å². The Kier molecular flexibility index (Phi) is 2.88. The monoisotopic (exact) mass is 434 g/mol. The van der Waals surface area contributed by atoms with Gasteiger partial charge in [-0.15, -0.1) is 11.3 Å². The van der Waals surface area contributed by atoms with Gasteiger partial charge in [-0.2, -0.15) is 0 Å². The van der Waals surface area contributed by atoms with Gasteiger partial charge >= 0.3 is 0 Å². The first-order valence-corrected chi connectivity index (χ1v) is 12.5. The summed E-state index contributed by atoms with van der Waals surface area (Å²) in [6.45, 7) is 0. The molecule has 0 bridgehead atoms. The van der Waals surface area contributed by atoms with Gasteiger partial charge in [-0.05, 0) is 103 Å². The summed E-state index contributed by atoms with van der Waals surface area (Å²) < 4.78 is 2.75. The molecule has 2 aliphatic carbocycles. The normalized spacial score (nSPS) is 13.8. The zero-order valence-electron chi connectivity index (χ0n) is 17.9. The molecular formula is C32H18S. The molecular weight excluding hydrogens is 416 g/mol. The van der Waals surface area contributed by atoms with Crippen molar-refractivity contribution in [1.82, 2.24) is 0 Å². The molecule has 152 valence electrons. The van der Waals surface area contributed by atoms with Crippen molar-refractivity contribution in [2.45, 2.75) is 12.8 Å². The van der Waals surface area contributed by atoms with Crippen LogP contribution in [-0.4, -0.2) is 0 Å². The first-order valence-electron chi connectivity index (χ1n) is 11.7. The predicted octanol–water partition coefficient (Wildman–Crippen LogP) is 8.99. The fourth-order valence-corrected chi connectivity index (χ4v) is 7.83. The van der Waals surface area contributed by atoms with Gasteiger partial charge in [0.05, 0.1) is 0 Å². The summed E-state index contributed by atoms with van der Waals surface area (Å²) in [5.41, 5.74) is 8.79. The van der Waals surface area contributed by atoms with Crippen LogP contribution in [0.5, 0.6) is 0 Å². The third-order valence-corrected chi connectivity index (χ3v) is 9.20. The largest absolute Gasteiger partial charge is 0.135 e. The Bertz CT molecular complexity index is 2020.